The predicted molar refractivity (Wildman–Crippen MR) is 114 cm³/mol. The third-order valence-corrected chi connectivity index (χ3v) is 4.90. The van der Waals surface area contributed by atoms with E-state index >= 15 is 0 Å². The van der Waals surface area contributed by atoms with Crippen molar-refractivity contribution in [3.63, 3.8) is 0 Å². The molecule has 0 saturated carbocycles. The van der Waals surface area contributed by atoms with E-state index in [2.05, 4.69) is 4.98 Å². The first-order chi connectivity index (χ1) is 14.4. The lowest BCUT2D eigenvalue weighted by molar-refractivity contribution is -0.140. The number of ketones is 1. The van der Waals surface area contributed by atoms with E-state index in [-0.39, 0.29) is 11.3 Å². The van der Waals surface area contributed by atoms with E-state index < -0.39 is 17.7 Å². The zero-order valence-electron chi connectivity index (χ0n) is 17.5. The van der Waals surface area contributed by atoms with Gasteiger partial charge in [0, 0.05) is 24.8 Å². The van der Waals surface area contributed by atoms with E-state index in [4.69, 9.17) is 4.74 Å². The number of amides is 1. The number of ether oxygens (including phenoxy) is 1. The third kappa shape index (κ3) is 4.52. The molecule has 1 amide bonds. The summed E-state index contributed by atoms with van der Waals surface area (Å²) >= 11 is 0. The van der Waals surface area contributed by atoms with Crippen LogP contribution in [0.1, 0.15) is 30.6 Å². The van der Waals surface area contributed by atoms with Crippen molar-refractivity contribution >= 4 is 17.4 Å². The second-order valence-electron chi connectivity index (χ2n) is 7.42. The van der Waals surface area contributed by atoms with Gasteiger partial charge in [0.05, 0.1) is 17.9 Å². The van der Waals surface area contributed by atoms with E-state index in [9.17, 15) is 14.7 Å². The average molecular weight is 409 g/mol. The highest BCUT2D eigenvalue weighted by Gasteiger charge is 2.46. The number of hydrogen-bond acceptors (Lipinski definition) is 6. The Morgan fingerprint density at radius 2 is 1.90 bits per heavy atom. The molecule has 158 valence electrons. The first-order valence-corrected chi connectivity index (χ1v) is 10.0. The van der Waals surface area contributed by atoms with Crippen LogP contribution in [0.25, 0.3) is 5.76 Å². The predicted octanol–water partition coefficient (Wildman–Crippen LogP) is 2.85. The van der Waals surface area contributed by atoms with E-state index in [0.29, 0.717) is 36.7 Å². The summed E-state index contributed by atoms with van der Waals surface area (Å²) in [6.07, 6.45) is 2.50. The van der Waals surface area contributed by atoms with Crippen molar-refractivity contribution in [2.75, 3.05) is 33.8 Å². The summed E-state index contributed by atoms with van der Waals surface area (Å²) in [7, 11) is 3.79. The number of rotatable bonds is 8. The normalized spacial score (nSPS) is 18.3. The number of carbonyl (C=O) groups excluding carboxylic acids is 2. The molecule has 3 rings (SSSR count). The van der Waals surface area contributed by atoms with E-state index in [1.165, 1.54) is 4.90 Å². The van der Waals surface area contributed by atoms with Crippen LogP contribution >= 0.6 is 0 Å². The van der Waals surface area contributed by atoms with Crippen LogP contribution in [0, 0.1) is 0 Å². The van der Waals surface area contributed by atoms with Crippen molar-refractivity contribution in [1.29, 1.82) is 0 Å². The van der Waals surface area contributed by atoms with E-state index in [1.54, 1.807) is 48.7 Å². The molecule has 1 fully saturated rings. The van der Waals surface area contributed by atoms with Crippen molar-refractivity contribution in [3.05, 3.63) is 65.5 Å². The number of likely N-dealkylation sites (tertiary alicyclic amines) is 1. The molecule has 2 heterocycles. The maximum absolute atomic E-state index is 12.9. The monoisotopic (exact) mass is 409 g/mol. The summed E-state index contributed by atoms with van der Waals surface area (Å²) in [5.41, 5.74) is 1.05. The van der Waals surface area contributed by atoms with Gasteiger partial charge in [-0.05, 0) is 56.9 Å². The van der Waals surface area contributed by atoms with Crippen LogP contribution < -0.4 is 4.74 Å². The molecule has 7 heteroatoms. The Morgan fingerprint density at radius 3 is 2.50 bits per heavy atom. The lowest BCUT2D eigenvalue weighted by Crippen LogP contribution is -2.35. The lowest BCUT2D eigenvalue weighted by atomic mass is 9.98. The van der Waals surface area contributed by atoms with E-state index in [1.807, 2.05) is 25.9 Å². The Kier molecular flexibility index (Phi) is 6.84. The number of hydrogen-bond donors (Lipinski definition) is 1. The minimum absolute atomic E-state index is 0.0553. The number of aliphatic hydroxyl groups is 1. The molecular formula is C23H27N3O4. The van der Waals surface area contributed by atoms with Crippen LogP contribution in [0.5, 0.6) is 5.75 Å². The number of Topliss-reactive ketones (excluding diaryl/α,β-unsaturated/α-hetero) is 1. The highest BCUT2D eigenvalue weighted by atomic mass is 16.5. The van der Waals surface area contributed by atoms with Gasteiger partial charge in [0.2, 0.25) is 0 Å². The number of nitrogens with zero attached hydrogens (tertiary/aromatic N) is 3. The zero-order valence-corrected chi connectivity index (χ0v) is 17.5. The van der Waals surface area contributed by atoms with Gasteiger partial charge in [-0.15, -0.1) is 0 Å². The largest absolute Gasteiger partial charge is 0.507 e. The number of aromatic nitrogens is 1. The van der Waals surface area contributed by atoms with Gasteiger partial charge in [-0.25, -0.2) is 0 Å². The number of carbonyl (C=O) groups is 2. The number of likely N-dealkylation sites (N-methyl/N-ethyl adjacent to an activating group) is 1. The SMILES string of the molecule is CCCOc1ccc(/C(O)=C2/C(=O)C(=O)N(CCN(C)C)C2c2ccccn2)cc1. The maximum Gasteiger partial charge on any atom is 0.295 e. The van der Waals surface area contributed by atoms with Crippen molar-refractivity contribution in [2.24, 2.45) is 0 Å². The van der Waals surface area contributed by atoms with Gasteiger partial charge in [0.15, 0.2) is 0 Å². The molecule has 1 saturated heterocycles. The quantitative estimate of drug-likeness (QED) is 0.410. The van der Waals surface area contributed by atoms with Crippen molar-refractivity contribution in [1.82, 2.24) is 14.8 Å². The molecule has 7 nitrogen and oxygen atoms in total. The smallest absolute Gasteiger partial charge is 0.295 e. The van der Waals surface area contributed by atoms with Gasteiger partial charge in [-0.1, -0.05) is 13.0 Å². The molecule has 1 N–H and O–H groups in total. The molecule has 2 aromatic rings. The minimum atomic E-state index is -0.734. The summed E-state index contributed by atoms with van der Waals surface area (Å²) in [6, 6.07) is 11.4. The van der Waals surface area contributed by atoms with Gasteiger partial charge < -0.3 is 19.6 Å². The molecule has 0 radical (unpaired) electrons. The van der Waals surface area contributed by atoms with Gasteiger partial charge in [0.25, 0.3) is 11.7 Å². The Morgan fingerprint density at radius 1 is 1.17 bits per heavy atom. The lowest BCUT2D eigenvalue weighted by Gasteiger charge is -2.25. The van der Waals surface area contributed by atoms with Crippen LogP contribution in [-0.4, -0.2) is 65.4 Å². The number of benzene rings is 1. The number of pyridine rings is 1. The molecule has 1 aliphatic rings. The molecule has 0 spiro atoms. The molecule has 1 atom stereocenters. The van der Waals surface area contributed by atoms with Crippen LogP contribution in [-0.2, 0) is 9.59 Å². The first-order valence-electron chi connectivity index (χ1n) is 10.0. The molecule has 0 aliphatic carbocycles. The summed E-state index contributed by atoms with van der Waals surface area (Å²) in [6.45, 7) is 3.55. The fourth-order valence-corrected chi connectivity index (χ4v) is 3.35. The Bertz CT molecular complexity index is 923. The van der Waals surface area contributed by atoms with Crippen molar-refractivity contribution in [3.8, 4) is 5.75 Å². The van der Waals surface area contributed by atoms with Gasteiger partial charge in [0.1, 0.15) is 17.6 Å². The van der Waals surface area contributed by atoms with Gasteiger partial charge in [-0.3, -0.25) is 14.6 Å². The molecule has 30 heavy (non-hydrogen) atoms. The zero-order chi connectivity index (χ0) is 21.7. The van der Waals surface area contributed by atoms with Gasteiger partial charge in [-0.2, -0.15) is 0 Å². The highest BCUT2D eigenvalue weighted by Crippen LogP contribution is 2.38. The summed E-state index contributed by atoms with van der Waals surface area (Å²) in [4.78, 5) is 33.4. The maximum atomic E-state index is 12.9. The van der Waals surface area contributed by atoms with Gasteiger partial charge >= 0.3 is 0 Å². The fourth-order valence-electron chi connectivity index (χ4n) is 3.35. The summed E-state index contributed by atoms with van der Waals surface area (Å²) < 4.78 is 5.57. The second-order valence-corrected chi connectivity index (χ2v) is 7.42. The minimum Gasteiger partial charge on any atom is -0.507 e. The average Bonchev–Trinajstić information content (AvgIpc) is 3.01. The van der Waals surface area contributed by atoms with Crippen molar-refractivity contribution in [2.45, 2.75) is 19.4 Å². The molecule has 0 bridgehead atoms. The van der Waals surface area contributed by atoms with Crippen LogP contribution in [0.4, 0.5) is 0 Å². The molecule has 1 aromatic heterocycles. The molecular weight excluding hydrogens is 382 g/mol. The van der Waals surface area contributed by atoms with Crippen LogP contribution in [0.15, 0.2) is 54.2 Å². The summed E-state index contributed by atoms with van der Waals surface area (Å²) in [5.74, 6) is -0.857. The Balaban J connectivity index is 2.03. The topological polar surface area (TPSA) is 83.0 Å². The molecule has 1 unspecified atom stereocenters. The fraction of sp³-hybridized carbons (Fsp3) is 0.348. The van der Waals surface area contributed by atoms with Crippen LogP contribution in [0.2, 0.25) is 0 Å². The van der Waals surface area contributed by atoms with E-state index in [0.717, 1.165) is 6.42 Å². The first kappa shape index (κ1) is 21.5. The number of aliphatic hydroxyl groups excluding tert-OH is 1. The second kappa shape index (κ2) is 9.54. The summed E-state index contributed by atoms with van der Waals surface area (Å²) in [5, 5.41) is 11.0. The molecule has 1 aliphatic heterocycles. The third-order valence-electron chi connectivity index (χ3n) is 4.90. The highest BCUT2D eigenvalue weighted by molar-refractivity contribution is 6.46. The molecule has 1 aromatic carbocycles. The van der Waals surface area contributed by atoms with Crippen LogP contribution in [0.3, 0.4) is 0 Å². The Labute approximate surface area is 176 Å². The van der Waals surface area contributed by atoms with Crippen molar-refractivity contribution < 1.29 is 19.4 Å². The standard InChI is InChI=1S/C23H27N3O4/c1-4-15-30-17-10-8-16(9-11-17)21(27)19-20(18-7-5-6-12-24-18)26(14-13-25(2)3)23(29)22(19)28/h5-12,20,27H,4,13-15H2,1-3H3/b21-19-. The Hall–Kier alpha value is -3.19.